The molecule has 0 unspecified atom stereocenters. The van der Waals surface area contributed by atoms with Crippen LogP contribution < -0.4 is 0 Å². The first-order valence-electron chi connectivity index (χ1n) is 5.94. The van der Waals surface area contributed by atoms with Crippen LogP contribution >= 0.6 is 0 Å². The summed E-state index contributed by atoms with van der Waals surface area (Å²) in [6.45, 7) is 2.88. The zero-order chi connectivity index (χ0) is 15.8. The minimum Gasteiger partial charge on any atom is -0.448 e. The van der Waals surface area contributed by atoms with E-state index in [4.69, 9.17) is 20.5 Å². The van der Waals surface area contributed by atoms with Gasteiger partial charge in [0.1, 0.15) is 24.0 Å². The van der Waals surface area contributed by atoms with E-state index in [-0.39, 0.29) is 11.5 Å². The summed E-state index contributed by atoms with van der Waals surface area (Å²) in [5.74, 6) is -0.508. The number of allylic oxidation sites excluding steroid dienone is 4. The third-order valence-corrected chi connectivity index (χ3v) is 2.57. The van der Waals surface area contributed by atoms with Gasteiger partial charge in [0.05, 0.1) is 5.57 Å². The van der Waals surface area contributed by atoms with Crippen molar-refractivity contribution in [2.24, 2.45) is 0 Å². The monoisotopic (exact) mass is 277 g/mol. The molecule has 0 atom stereocenters. The second kappa shape index (κ2) is 7.28. The van der Waals surface area contributed by atoms with Crippen molar-refractivity contribution in [1.29, 1.82) is 15.8 Å². The lowest BCUT2D eigenvalue weighted by atomic mass is 10.0. The van der Waals surface area contributed by atoms with Gasteiger partial charge in [-0.15, -0.1) is 0 Å². The van der Waals surface area contributed by atoms with Gasteiger partial charge in [0.2, 0.25) is 5.76 Å². The summed E-state index contributed by atoms with van der Waals surface area (Å²) in [6.07, 6.45) is 0. The van der Waals surface area contributed by atoms with Crippen molar-refractivity contribution in [3.05, 3.63) is 53.0 Å². The molecular weight excluding hydrogens is 266 g/mol. The number of nitrogens with zero attached hydrogens (tertiary/aromatic N) is 3. The maximum Gasteiger partial charge on any atom is 0.231 e. The number of hydrogen-bond acceptors (Lipinski definition) is 5. The van der Waals surface area contributed by atoms with Gasteiger partial charge in [-0.2, -0.15) is 15.8 Å². The van der Waals surface area contributed by atoms with Crippen LogP contribution in [0.1, 0.15) is 19.4 Å². The highest BCUT2D eigenvalue weighted by Gasteiger charge is 2.15. The van der Waals surface area contributed by atoms with Crippen LogP contribution in [0.15, 0.2) is 47.4 Å². The molecule has 0 aromatic heterocycles. The molecule has 0 N–H and O–H groups in total. The molecule has 0 heterocycles. The number of Topliss-reactive ketones (excluding diaryl/α,β-unsaturated/α-hetero) is 1. The quantitative estimate of drug-likeness (QED) is 0.478. The Labute approximate surface area is 122 Å². The molecule has 0 spiro atoms. The number of carbonyl (C=O) groups is 1. The average molecular weight is 277 g/mol. The summed E-state index contributed by atoms with van der Waals surface area (Å²) in [4.78, 5) is 11.8. The molecule has 102 valence electrons. The topological polar surface area (TPSA) is 97.7 Å². The molecule has 5 nitrogen and oxygen atoms in total. The van der Waals surface area contributed by atoms with Crippen LogP contribution in [0.25, 0.3) is 5.57 Å². The van der Waals surface area contributed by atoms with Gasteiger partial charge < -0.3 is 4.74 Å². The lowest BCUT2D eigenvalue weighted by Crippen LogP contribution is -2.03. The fourth-order valence-corrected chi connectivity index (χ4v) is 1.72. The minimum absolute atomic E-state index is 0.160. The average Bonchev–Trinajstić information content (AvgIpc) is 2.48. The third kappa shape index (κ3) is 3.80. The van der Waals surface area contributed by atoms with Crippen molar-refractivity contribution in [3.63, 3.8) is 0 Å². The highest BCUT2D eigenvalue weighted by molar-refractivity contribution is 6.20. The van der Waals surface area contributed by atoms with Crippen LogP contribution in [0.2, 0.25) is 0 Å². The molecule has 0 amide bonds. The number of nitriles is 3. The Hall–Kier alpha value is -3.36. The Bertz CT molecular complexity index is 722. The molecule has 0 aliphatic carbocycles. The second-order valence-corrected chi connectivity index (χ2v) is 3.99. The molecule has 0 radical (unpaired) electrons. The summed E-state index contributed by atoms with van der Waals surface area (Å²) in [6, 6.07) is 13.6. The van der Waals surface area contributed by atoms with E-state index < -0.39 is 11.3 Å². The van der Waals surface area contributed by atoms with Gasteiger partial charge >= 0.3 is 0 Å². The SMILES string of the molecule is CC(=O)/C(=C(/C)OC(C#N)=C(C#N)C#N)c1ccccc1. The van der Waals surface area contributed by atoms with Crippen molar-refractivity contribution in [3.8, 4) is 18.2 Å². The standard InChI is InChI=1S/C16H11N3O2/c1-11(20)16(13-6-4-3-5-7-13)12(2)21-15(10-19)14(8-17)9-18/h3-7H,1-2H3/b16-12+. The highest BCUT2D eigenvalue weighted by Crippen LogP contribution is 2.23. The van der Waals surface area contributed by atoms with Crippen molar-refractivity contribution in [2.45, 2.75) is 13.8 Å². The molecule has 1 rings (SSSR count). The van der Waals surface area contributed by atoms with E-state index >= 15 is 0 Å². The van der Waals surface area contributed by atoms with E-state index in [1.807, 2.05) is 6.07 Å². The number of carbonyl (C=O) groups excluding carboxylic acids is 1. The number of benzene rings is 1. The number of ketones is 1. The lowest BCUT2D eigenvalue weighted by Gasteiger charge is -2.10. The fourth-order valence-electron chi connectivity index (χ4n) is 1.72. The molecule has 1 aromatic rings. The van der Waals surface area contributed by atoms with E-state index in [1.165, 1.54) is 13.8 Å². The Morgan fingerprint density at radius 2 is 1.57 bits per heavy atom. The van der Waals surface area contributed by atoms with Crippen molar-refractivity contribution in [2.75, 3.05) is 0 Å². The van der Waals surface area contributed by atoms with Gasteiger partial charge in [0, 0.05) is 0 Å². The summed E-state index contributed by atoms with van der Waals surface area (Å²) < 4.78 is 5.25. The van der Waals surface area contributed by atoms with Gasteiger partial charge in [-0.05, 0) is 19.4 Å². The Kier molecular flexibility index (Phi) is 5.44. The first kappa shape index (κ1) is 15.7. The molecule has 0 fully saturated rings. The zero-order valence-electron chi connectivity index (χ0n) is 11.5. The van der Waals surface area contributed by atoms with Crippen LogP contribution in [0.3, 0.4) is 0 Å². The molecule has 0 aliphatic heterocycles. The Morgan fingerprint density at radius 3 is 2.00 bits per heavy atom. The van der Waals surface area contributed by atoms with Gasteiger partial charge in [-0.1, -0.05) is 30.3 Å². The van der Waals surface area contributed by atoms with Crippen molar-refractivity contribution >= 4 is 11.4 Å². The Balaban J connectivity index is 3.37. The number of hydrogen-bond donors (Lipinski definition) is 0. The maximum absolute atomic E-state index is 11.8. The molecule has 0 bridgehead atoms. The van der Waals surface area contributed by atoms with E-state index in [1.54, 1.807) is 42.5 Å². The van der Waals surface area contributed by atoms with Crippen molar-refractivity contribution < 1.29 is 9.53 Å². The molecule has 0 saturated carbocycles. The second-order valence-electron chi connectivity index (χ2n) is 3.99. The van der Waals surface area contributed by atoms with Crippen LogP contribution in [0.5, 0.6) is 0 Å². The van der Waals surface area contributed by atoms with E-state index in [0.717, 1.165) is 0 Å². The van der Waals surface area contributed by atoms with Crippen LogP contribution in [-0.2, 0) is 9.53 Å². The highest BCUT2D eigenvalue weighted by atomic mass is 16.5. The minimum atomic E-state index is -0.437. The zero-order valence-corrected chi connectivity index (χ0v) is 11.5. The van der Waals surface area contributed by atoms with E-state index in [9.17, 15) is 4.79 Å². The molecule has 0 aliphatic rings. The van der Waals surface area contributed by atoms with Crippen molar-refractivity contribution in [1.82, 2.24) is 0 Å². The third-order valence-electron chi connectivity index (χ3n) is 2.57. The molecule has 5 heteroatoms. The van der Waals surface area contributed by atoms with Gasteiger partial charge in [0.25, 0.3) is 0 Å². The van der Waals surface area contributed by atoms with Gasteiger partial charge in [-0.3, -0.25) is 4.79 Å². The van der Waals surface area contributed by atoms with Gasteiger partial charge in [-0.25, -0.2) is 0 Å². The van der Waals surface area contributed by atoms with Gasteiger partial charge in [0.15, 0.2) is 11.4 Å². The molecule has 0 saturated heterocycles. The predicted molar refractivity (Wildman–Crippen MR) is 74.7 cm³/mol. The predicted octanol–water partition coefficient (Wildman–Crippen LogP) is 2.85. The lowest BCUT2D eigenvalue weighted by molar-refractivity contribution is -0.111. The molecule has 21 heavy (non-hydrogen) atoms. The normalized spacial score (nSPS) is 10.2. The first-order chi connectivity index (χ1) is 10.0. The smallest absolute Gasteiger partial charge is 0.231 e. The van der Waals surface area contributed by atoms with Crippen LogP contribution in [0, 0.1) is 34.0 Å². The number of rotatable bonds is 4. The summed E-state index contributed by atoms with van der Waals surface area (Å²) in [5.41, 5.74) is 0.488. The molecule has 1 aromatic carbocycles. The number of ether oxygens (including phenoxy) is 1. The summed E-state index contributed by atoms with van der Waals surface area (Å²) >= 11 is 0. The molecular formula is C16H11N3O2. The van der Waals surface area contributed by atoms with Crippen LogP contribution in [-0.4, -0.2) is 5.78 Å². The summed E-state index contributed by atoms with van der Waals surface area (Å²) in [5, 5.41) is 26.5. The van der Waals surface area contributed by atoms with E-state index in [2.05, 4.69) is 0 Å². The largest absolute Gasteiger partial charge is 0.448 e. The first-order valence-corrected chi connectivity index (χ1v) is 5.94. The van der Waals surface area contributed by atoms with Crippen LogP contribution in [0.4, 0.5) is 0 Å². The maximum atomic E-state index is 11.8. The Morgan fingerprint density at radius 1 is 1.00 bits per heavy atom. The fraction of sp³-hybridized carbons (Fsp3) is 0.125. The summed E-state index contributed by atoms with van der Waals surface area (Å²) in [7, 11) is 0. The van der Waals surface area contributed by atoms with E-state index in [0.29, 0.717) is 11.1 Å².